The zero-order chi connectivity index (χ0) is 16.0. The number of aryl methyl sites for hydroxylation is 1. The molecule has 1 rings (SSSR count). The van der Waals surface area contributed by atoms with E-state index in [0.717, 1.165) is 11.1 Å². The average Bonchev–Trinajstić information content (AvgIpc) is 2.33. The molecule has 0 radical (unpaired) electrons. The van der Waals surface area contributed by atoms with Crippen LogP contribution in [0, 0.1) is 13.8 Å². The summed E-state index contributed by atoms with van der Waals surface area (Å²) in [5.74, 6) is -1.65. The van der Waals surface area contributed by atoms with Gasteiger partial charge in [0.1, 0.15) is 6.42 Å². The Labute approximate surface area is 123 Å². The molecule has 0 aliphatic carbocycles. The third-order valence-electron chi connectivity index (χ3n) is 2.83. The molecule has 0 spiro atoms. The molecule has 0 aliphatic rings. The second-order valence-corrected chi connectivity index (χ2v) is 4.65. The van der Waals surface area contributed by atoms with Crippen LogP contribution in [0.3, 0.4) is 0 Å². The monoisotopic (exact) mass is 293 g/mol. The number of nitrogens with one attached hydrogen (secondary N) is 1. The Balaban J connectivity index is 2.71. The van der Waals surface area contributed by atoms with Crippen molar-refractivity contribution in [2.45, 2.75) is 40.4 Å². The van der Waals surface area contributed by atoms with Gasteiger partial charge in [0.2, 0.25) is 5.91 Å². The molecular weight excluding hydrogens is 274 g/mol. The molecule has 0 fully saturated rings. The SMILES string of the molecule is CC(=O)OC(CC(=O)Nc1cccc(C)c1C)OC(C)=O. The number of esters is 2. The number of anilines is 1. The van der Waals surface area contributed by atoms with Crippen LogP contribution in [0.2, 0.25) is 0 Å². The van der Waals surface area contributed by atoms with E-state index in [-0.39, 0.29) is 6.42 Å². The number of ether oxygens (including phenoxy) is 2. The van der Waals surface area contributed by atoms with Crippen LogP contribution in [0.25, 0.3) is 0 Å². The largest absolute Gasteiger partial charge is 0.425 e. The van der Waals surface area contributed by atoms with E-state index >= 15 is 0 Å². The molecule has 114 valence electrons. The summed E-state index contributed by atoms with van der Waals surface area (Å²) in [5, 5.41) is 2.71. The third kappa shape index (κ3) is 5.64. The van der Waals surface area contributed by atoms with Crippen molar-refractivity contribution >= 4 is 23.5 Å². The second kappa shape index (κ2) is 7.42. The van der Waals surface area contributed by atoms with Crippen LogP contribution in [0.4, 0.5) is 5.69 Å². The summed E-state index contributed by atoms with van der Waals surface area (Å²) in [7, 11) is 0. The summed E-state index contributed by atoms with van der Waals surface area (Å²) < 4.78 is 9.56. The molecule has 0 aliphatic heterocycles. The van der Waals surface area contributed by atoms with Gasteiger partial charge in [0, 0.05) is 19.5 Å². The van der Waals surface area contributed by atoms with Crippen LogP contribution >= 0.6 is 0 Å². The van der Waals surface area contributed by atoms with Gasteiger partial charge in [-0.15, -0.1) is 0 Å². The summed E-state index contributed by atoms with van der Waals surface area (Å²) in [6.45, 7) is 6.18. The van der Waals surface area contributed by atoms with E-state index in [1.54, 1.807) is 6.07 Å². The quantitative estimate of drug-likeness (QED) is 0.664. The van der Waals surface area contributed by atoms with E-state index in [9.17, 15) is 14.4 Å². The summed E-state index contributed by atoms with van der Waals surface area (Å²) in [5.41, 5.74) is 2.66. The average molecular weight is 293 g/mol. The molecule has 0 bridgehead atoms. The van der Waals surface area contributed by atoms with Gasteiger partial charge in [0.25, 0.3) is 6.29 Å². The van der Waals surface area contributed by atoms with Gasteiger partial charge in [-0.1, -0.05) is 12.1 Å². The van der Waals surface area contributed by atoms with Gasteiger partial charge in [0.15, 0.2) is 0 Å². The van der Waals surface area contributed by atoms with Gasteiger partial charge in [-0.2, -0.15) is 0 Å². The molecule has 0 aromatic heterocycles. The zero-order valence-corrected chi connectivity index (χ0v) is 12.6. The number of hydrogen-bond donors (Lipinski definition) is 1. The Morgan fingerprint density at radius 2 is 1.67 bits per heavy atom. The molecule has 6 heteroatoms. The Morgan fingerprint density at radius 3 is 2.19 bits per heavy atom. The standard InChI is InChI=1S/C15H19NO5/c1-9-6-5-7-13(10(9)2)16-14(19)8-15(20-11(3)17)21-12(4)18/h5-7,15H,8H2,1-4H3,(H,16,19). The van der Waals surface area contributed by atoms with Crippen LogP contribution in [-0.2, 0) is 23.9 Å². The lowest BCUT2D eigenvalue weighted by Gasteiger charge is -2.17. The number of carbonyl (C=O) groups is 3. The van der Waals surface area contributed by atoms with Gasteiger partial charge in [0.05, 0.1) is 0 Å². The van der Waals surface area contributed by atoms with E-state index in [1.807, 2.05) is 26.0 Å². The lowest BCUT2D eigenvalue weighted by Crippen LogP contribution is -2.28. The van der Waals surface area contributed by atoms with Crippen LogP contribution in [0.1, 0.15) is 31.4 Å². The minimum Gasteiger partial charge on any atom is -0.425 e. The van der Waals surface area contributed by atoms with Gasteiger partial charge >= 0.3 is 11.9 Å². The molecule has 0 unspecified atom stereocenters. The van der Waals surface area contributed by atoms with Gasteiger partial charge in [-0.3, -0.25) is 14.4 Å². The lowest BCUT2D eigenvalue weighted by atomic mass is 10.1. The van der Waals surface area contributed by atoms with Crippen molar-refractivity contribution in [3.8, 4) is 0 Å². The first-order valence-corrected chi connectivity index (χ1v) is 6.50. The predicted octanol–water partition coefficient (Wildman–Crippen LogP) is 2.08. The fourth-order valence-electron chi connectivity index (χ4n) is 1.72. The molecular formula is C15H19NO5. The maximum absolute atomic E-state index is 12.0. The van der Waals surface area contributed by atoms with E-state index < -0.39 is 24.1 Å². The molecule has 0 heterocycles. The maximum Gasteiger partial charge on any atom is 0.305 e. The van der Waals surface area contributed by atoms with Crippen molar-refractivity contribution in [1.29, 1.82) is 0 Å². The molecule has 1 amide bonds. The molecule has 1 N–H and O–H groups in total. The summed E-state index contributed by atoms with van der Waals surface area (Å²) in [6, 6.07) is 5.53. The number of carbonyl (C=O) groups excluding carboxylic acids is 3. The molecule has 21 heavy (non-hydrogen) atoms. The predicted molar refractivity (Wildman–Crippen MR) is 76.5 cm³/mol. The zero-order valence-electron chi connectivity index (χ0n) is 12.6. The smallest absolute Gasteiger partial charge is 0.305 e. The van der Waals surface area contributed by atoms with E-state index in [1.165, 1.54) is 13.8 Å². The highest BCUT2D eigenvalue weighted by Gasteiger charge is 2.20. The third-order valence-corrected chi connectivity index (χ3v) is 2.83. The Bertz CT molecular complexity index is 537. The highest BCUT2D eigenvalue weighted by Crippen LogP contribution is 2.18. The highest BCUT2D eigenvalue weighted by atomic mass is 16.7. The van der Waals surface area contributed by atoms with Gasteiger partial charge in [-0.05, 0) is 31.0 Å². The first-order valence-electron chi connectivity index (χ1n) is 6.50. The van der Waals surface area contributed by atoms with Crippen molar-refractivity contribution in [3.63, 3.8) is 0 Å². The summed E-state index contributed by atoms with van der Waals surface area (Å²) in [6.07, 6.45) is -1.47. The molecule has 1 aromatic carbocycles. The van der Waals surface area contributed by atoms with Crippen molar-refractivity contribution in [2.24, 2.45) is 0 Å². The highest BCUT2D eigenvalue weighted by molar-refractivity contribution is 5.92. The first kappa shape index (κ1) is 16.7. The minimum atomic E-state index is -1.22. The first-order chi connectivity index (χ1) is 9.79. The van der Waals surface area contributed by atoms with Crippen LogP contribution < -0.4 is 5.32 Å². The number of rotatable bonds is 5. The van der Waals surface area contributed by atoms with Gasteiger partial charge < -0.3 is 14.8 Å². The van der Waals surface area contributed by atoms with Crippen LogP contribution in [0.5, 0.6) is 0 Å². The number of hydrogen-bond acceptors (Lipinski definition) is 5. The molecule has 6 nitrogen and oxygen atoms in total. The lowest BCUT2D eigenvalue weighted by molar-refractivity contribution is -0.185. The Morgan fingerprint density at radius 1 is 1.10 bits per heavy atom. The van der Waals surface area contributed by atoms with E-state index in [4.69, 9.17) is 9.47 Å². The normalized spacial score (nSPS) is 10.1. The number of benzene rings is 1. The topological polar surface area (TPSA) is 81.7 Å². The Kier molecular flexibility index (Phi) is 5.90. The molecule has 0 saturated heterocycles. The Hall–Kier alpha value is -2.37. The fraction of sp³-hybridized carbons (Fsp3) is 0.400. The maximum atomic E-state index is 12.0. The fourth-order valence-corrected chi connectivity index (χ4v) is 1.72. The second-order valence-electron chi connectivity index (χ2n) is 4.65. The van der Waals surface area contributed by atoms with Crippen molar-refractivity contribution < 1.29 is 23.9 Å². The van der Waals surface area contributed by atoms with E-state index in [2.05, 4.69) is 5.32 Å². The van der Waals surface area contributed by atoms with E-state index in [0.29, 0.717) is 5.69 Å². The molecule has 0 saturated carbocycles. The van der Waals surface area contributed by atoms with Gasteiger partial charge in [-0.25, -0.2) is 0 Å². The van der Waals surface area contributed by atoms with Crippen molar-refractivity contribution in [1.82, 2.24) is 0 Å². The summed E-state index contributed by atoms with van der Waals surface area (Å²) >= 11 is 0. The van der Waals surface area contributed by atoms with Crippen LogP contribution in [0.15, 0.2) is 18.2 Å². The van der Waals surface area contributed by atoms with Crippen molar-refractivity contribution in [2.75, 3.05) is 5.32 Å². The molecule has 1 aromatic rings. The number of amides is 1. The summed E-state index contributed by atoms with van der Waals surface area (Å²) in [4.78, 5) is 33.8. The molecule has 0 atom stereocenters. The van der Waals surface area contributed by atoms with Crippen molar-refractivity contribution in [3.05, 3.63) is 29.3 Å². The van der Waals surface area contributed by atoms with Crippen LogP contribution in [-0.4, -0.2) is 24.1 Å². The minimum absolute atomic E-state index is 0.257.